The highest BCUT2D eigenvalue weighted by Gasteiger charge is 2.37. The molecule has 1 aliphatic carbocycles. The van der Waals surface area contributed by atoms with E-state index < -0.39 is 23.8 Å². The number of aliphatic carboxylic acids is 1. The first-order valence-electron chi connectivity index (χ1n) is 5.23. The van der Waals surface area contributed by atoms with Gasteiger partial charge in [-0.15, -0.1) is 0 Å². The molecule has 0 amide bonds. The molecule has 1 N–H and O–H groups in total. The Hall–Kier alpha value is -1.10. The molecular weight excluding hydrogens is 200 g/mol. The zero-order valence-corrected chi connectivity index (χ0v) is 8.77. The van der Waals surface area contributed by atoms with E-state index in [1.165, 1.54) is 0 Å². The van der Waals surface area contributed by atoms with Crippen molar-refractivity contribution in [3.05, 3.63) is 0 Å². The van der Waals surface area contributed by atoms with Crippen LogP contribution in [0.15, 0.2) is 0 Å². The average Bonchev–Trinajstić information content (AvgIpc) is 2.25. The van der Waals surface area contributed by atoms with Gasteiger partial charge in [-0.05, 0) is 19.8 Å². The van der Waals surface area contributed by atoms with E-state index in [-0.39, 0.29) is 6.61 Å². The molecule has 5 nitrogen and oxygen atoms in total. The molecule has 15 heavy (non-hydrogen) atoms. The molecule has 1 saturated carbocycles. The maximum absolute atomic E-state index is 11.5. The Balaban J connectivity index is 2.55. The lowest BCUT2D eigenvalue weighted by Crippen LogP contribution is -2.33. The molecule has 5 heteroatoms. The lowest BCUT2D eigenvalue weighted by molar-refractivity contribution is -0.275. The molecule has 0 aromatic rings. The molecule has 1 fully saturated rings. The third kappa shape index (κ3) is 3.20. The fourth-order valence-electron chi connectivity index (χ4n) is 1.89. The average molecular weight is 216 g/mol. The number of rotatable bonds is 4. The van der Waals surface area contributed by atoms with E-state index in [2.05, 4.69) is 9.78 Å². The monoisotopic (exact) mass is 216 g/mol. The van der Waals surface area contributed by atoms with Crippen LogP contribution in [0.25, 0.3) is 0 Å². The van der Waals surface area contributed by atoms with Crippen LogP contribution in [-0.4, -0.2) is 23.7 Å². The van der Waals surface area contributed by atoms with E-state index >= 15 is 0 Å². The first-order chi connectivity index (χ1) is 7.16. The number of carbonyl (C=O) groups excluding carboxylic acids is 1. The minimum absolute atomic E-state index is 0.274. The molecule has 0 radical (unpaired) electrons. The van der Waals surface area contributed by atoms with Crippen molar-refractivity contribution in [3.63, 3.8) is 0 Å². The van der Waals surface area contributed by atoms with Gasteiger partial charge in [-0.25, -0.2) is 4.79 Å². The first kappa shape index (κ1) is 12.0. The molecule has 2 atom stereocenters. The summed E-state index contributed by atoms with van der Waals surface area (Å²) in [6, 6.07) is 0. The summed E-state index contributed by atoms with van der Waals surface area (Å²) in [5.74, 6) is -2.65. The molecule has 0 aromatic heterocycles. The summed E-state index contributed by atoms with van der Waals surface area (Å²) >= 11 is 0. The Kier molecular flexibility index (Phi) is 4.55. The van der Waals surface area contributed by atoms with Gasteiger partial charge in [0.15, 0.2) is 0 Å². The van der Waals surface area contributed by atoms with Crippen molar-refractivity contribution in [2.24, 2.45) is 11.8 Å². The second-order valence-electron chi connectivity index (χ2n) is 3.64. The van der Waals surface area contributed by atoms with Gasteiger partial charge in [0, 0.05) is 0 Å². The topological polar surface area (TPSA) is 72.8 Å². The first-order valence-corrected chi connectivity index (χ1v) is 5.23. The second-order valence-corrected chi connectivity index (χ2v) is 3.64. The van der Waals surface area contributed by atoms with Crippen LogP contribution in [0.1, 0.15) is 32.6 Å². The molecule has 0 saturated heterocycles. The smallest absolute Gasteiger partial charge is 0.346 e. The summed E-state index contributed by atoms with van der Waals surface area (Å²) in [6.07, 6.45) is 2.84. The van der Waals surface area contributed by atoms with Gasteiger partial charge in [0.2, 0.25) is 0 Å². The molecule has 0 spiro atoms. The van der Waals surface area contributed by atoms with Crippen LogP contribution in [0.3, 0.4) is 0 Å². The van der Waals surface area contributed by atoms with Crippen molar-refractivity contribution in [2.45, 2.75) is 32.6 Å². The minimum Gasteiger partial charge on any atom is -0.481 e. The summed E-state index contributed by atoms with van der Waals surface area (Å²) in [6.45, 7) is 1.97. The maximum Gasteiger partial charge on any atom is 0.346 e. The van der Waals surface area contributed by atoms with Crippen LogP contribution in [0.4, 0.5) is 0 Å². The van der Waals surface area contributed by atoms with E-state index in [1.54, 1.807) is 6.92 Å². The van der Waals surface area contributed by atoms with Crippen LogP contribution in [0.5, 0.6) is 0 Å². The standard InChI is InChI=1S/C10H16O5/c1-2-14-15-10(13)8-6-4-3-5-7(8)9(11)12/h7-8H,2-6H2,1H3,(H,11,12). The third-order valence-corrected chi connectivity index (χ3v) is 2.64. The predicted molar refractivity (Wildman–Crippen MR) is 50.8 cm³/mol. The quantitative estimate of drug-likeness (QED) is 0.567. The summed E-state index contributed by atoms with van der Waals surface area (Å²) in [7, 11) is 0. The van der Waals surface area contributed by atoms with Gasteiger partial charge < -0.3 is 5.11 Å². The van der Waals surface area contributed by atoms with Gasteiger partial charge in [0.25, 0.3) is 0 Å². The van der Waals surface area contributed by atoms with Crippen molar-refractivity contribution < 1.29 is 24.5 Å². The SMILES string of the molecule is CCOOC(=O)C1CCCCC1C(=O)O. The number of carboxylic acids is 1. The van der Waals surface area contributed by atoms with E-state index in [0.717, 1.165) is 12.8 Å². The van der Waals surface area contributed by atoms with Crippen molar-refractivity contribution in [3.8, 4) is 0 Å². The highest BCUT2D eigenvalue weighted by Crippen LogP contribution is 2.31. The lowest BCUT2D eigenvalue weighted by atomic mass is 9.79. The highest BCUT2D eigenvalue weighted by atomic mass is 17.2. The molecule has 0 bridgehead atoms. The minimum atomic E-state index is -0.923. The van der Waals surface area contributed by atoms with Gasteiger partial charge in [-0.2, -0.15) is 4.89 Å². The maximum atomic E-state index is 11.5. The van der Waals surface area contributed by atoms with Crippen LogP contribution in [-0.2, 0) is 19.4 Å². The summed E-state index contributed by atoms with van der Waals surface area (Å²) in [5, 5.41) is 8.93. The number of hydrogen-bond donors (Lipinski definition) is 1. The van der Waals surface area contributed by atoms with Gasteiger partial charge in [-0.1, -0.05) is 12.8 Å². The zero-order valence-electron chi connectivity index (χ0n) is 8.77. The molecule has 1 rings (SSSR count). The number of hydrogen-bond acceptors (Lipinski definition) is 4. The fourth-order valence-corrected chi connectivity index (χ4v) is 1.89. The van der Waals surface area contributed by atoms with Crippen LogP contribution < -0.4 is 0 Å². The van der Waals surface area contributed by atoms with Crippen molar-refractivity contribution in [1.82, 2.24) is 0 Å². The van der Waals surface area contributed by atoms with E-state index in [4.69, 9.17) is 5.11 Å². The summed E-state index contributed by atoms with van der Waals surface area (Å²) in [5.41, 5.74) is 0. The summed E-state index contributed by atoms with van der Waals surface area (Å²) < 4.78 is 0. The Bertz CT molecular complexity index is 238. The Morgan fingerprint density at radius 3 is 2.40 bits per heavy atom. The molecule has 2 unspecified atom stereocenters. The molecular formula is C10H16O5. The fraction of sp³-hybridized carbons (Fsp3) is 0.800. The highest BCUT2D eigenvalue weighted by molar-refractivity contribution is 5.81. The van der Waals surface area contributed by atoms with E-state index in [1.807, 2.05) is 0 Å². The van der Waals surface area contributed by atoms with Gasteiger partial charge in [0.1, 0.15) is 0 Å². The van der Waals surface area contributed by atoms with Crippen LogP contribution in [0, 0.1) is 11.8 Å². The second kappa shape index (κ2) is 5.70. The third-order valence-electron chi connectivity index (χ3n) is 2.64. The van der Waals surface area contributed by atoms with E-state index in [0.29, 0.717) is 12.8 Å². The lowest BCUT2D eigenvalue weighted by Gasteiger charge is -2.25. The zero-order chi connectivity index (χ0) is 11.3. The molecule has 0 aliphatic heterocycles. The van der Waals surface area contributed by atoms with Gasteiger partial charge >= 0.3 is 11.9 Å². The molecule has 1 aliphatic rings. The van der Waals surface area contributed by atoms with Crippen LogP contribution >= 0.6 is 0 Å². The van der Waals surface area contributed by atoms with Crippen molar-refractivity contribution in [1.29, 1.82) is 0 Å². The van der Waals surface area contributed by atoms with Crippen molar-refractivity contribution in [2.75, 3.05) is 6.61 Å². The Labute approximate surface area is 88.3 Å². The predicted octanol–water partition coefficient (Wildman–Crippen LogP) is 1.37. The Morgan fingerprint density at radius 1 is 1.27 bits per heavy atom. The largest absolute Gasteiger partial charge is 0.481 e. The van der Waals surface area contributed by atoms with Crippen molar-refractivity contribution >= 4 is 11.9 Å². The normalized spacial score (nSPS) is 25.9. The van der Waals surface area contributed by atoms with Crippen LogP contribution in [0.2, 0.25) is 0 Å². The van der Waals surface area contributed by atoms with Gasteiger partial charge in [-0.3, -0.25) is 9.68 Å². The summed E-state index contributed by atoms with van der Waals surface area (Å²) in [4.78, 5) is 31.4. The van der Waals surface area contributed by atoms with Gasteiger partial charge in [0.05, 0.1) is 18.4 Å². The molecule has 86 valence electrons. The van der Waals surface area contributed by atoms with E-state index in [9.17, 15) is 9.59 Å². The number of carboxylic acid groups (broad SMARTS) is 1. The molecule has 0 aromatic carbocycles. The number of carbonyl (C=O) groups is 2. The Morgan fingerprint density at radius 2 is 1.87 bits per heavy atom. The molecule has 0 heterocycles.